The summed E-state index contributed by atoms with van der Waals surface area (Å²) in [4.78, 5) is 0. The van der Waals surface area contributed by atoms with Gasteiger partial charge in [-0.15, -0.1) is 0 Å². The Balaban J connectivity index is 3.08. The number of halogens is 2. The van der Waals surface area contributed by atoms with Gasteiger partial charge < -0.3 is 0 Å². The molecule has 8 heavy (non-hydrogen) atoms. The molecule has 0 atom stereocenters. The molecular formula is C6H3BrCl. The topological polar surface area (TPSA) is 0 Å². The number of hydrogen-bond acceptors (Lipinski definition) is 0. The van der Waals surface area contributed by atoms with Crippen LogP contribution in [0.15, 0.2) is 22.7 Å². The molecule has 1 aromatic carbocycles. The summed E-state index contributed by atoms with van der Waals surface area (Å²) < 4.78 is 0.894. The van der Waals surface area contributed by atoms with Crippen molar-refractivity contribution >= 4 is 27.5 Å². The standard InChI is InChI=1S/C6H3BrCl/c7-5-2-1-3-6(8)4-5/h1-3H. The highest BCUT2D eigenvalue weighted by Gasteiger charge is 1.85. The lowest BCUT2D eigenvalue weighted by molar-refractivity contribution is 1.63. The molecule has 0 saturated heterocycles. The Bertz CT molecular complexity index is 168. The highest BCUT2D eigenvalue weighted by Crippen LogP contribution is 2.13. The van der Waals surface area contributed by atoms with Gasteiger partial charge in [-0.05, 0) is 12.1 Å². The Morgan fingerprint density at radius 1 is 1.50 bits per heavy atom. The lowest BCUT2D eigenvalue weighted by atomic mass is 10.4. The van der Waals surface area contributed by atoms with E-state index < -0.39 is 0 Å². The van der Waals surface area contributed by atoms with Crippen molar-refractivity contribution < 1.29 is 0 Å². The lowest BCUT2D eigenvalue weighted by Crippen LogP contribution is -1.62. The van der Waals surface area contributed by atoms with E-state index in [-0.39, 0.29) is 0 Å². The molecular weight excluding hydrogens is 187 g/mol. The first-order valence-corrected chi connectivity index (χ1v) is 3.29. The van der Waals surface area contributed by atoms with Crippen LogP contribution >= 0.6 is 27.5 Å². The summed E-state index contributed by atoms with van der Waals surface area (Å²) in [7, 11) is 0. The molecule has 0 aliphatic carbocycles. The average Bonchev–Trinajstić information content (AvgIpc) is 1.64. The first-order chi connectivity index (χ1) is 3.79. The van der Waals surface area contributed by atoms with Crippen molar-refractivity contribution in [3.63, 3.8) is 0 Å². The van der Waals surface area contributed by atoms with Gasteiger partial charge in [0, 0.05) is 15.6 Å². The fraction of sp³-hybridized carbons (Fsp3) is 0. The zero-order valence-electron chi connectivity index (χ0n) is 3.99. The molecule has 0 spiro atoms. The summed E-state index contributed by atoms with van der Waals surface area (Å²) in [5.74, 6) is 0. The van der Waals surface area contributed by atoms with E-state index >= 15 is 0 Å². The van der Waals surface area contributed by atoms with E-state index in [0.717, 1.165) is 4.47 Å². The van der Waals surface area contributed by atoms with Crippen molar-refractivity contribution in [2.45, 2.75) is 0 Å². The summed E-state index contributed by atoms with van der Waals surface area (Å²) in [6.45, 7) is 0. The van der Waals surface area contributed by atoms with Crippen LogP contribution in [0.25, 0.3) is 0 Å². The Morgan fingerprint density at radius 3 is 2.62 bits per heavy atom. The lowest BCUT2D eigenvalue weighted by Gasteiger charge is -1.85. The summed E-state index contributed by atoms with van der Waals surface area (Å²) >= 11 is 8.78. The second kappa shape index (κ2) is 2.51. The number of hydrogen-bond donors (Lipinski definition) is 0. The van der Waals surface area contributed by atoms with E-state index in [9.17, 15) is 0 Å². The van der Waals surface area contributed by atoms with Gasteiger partial charge in [0.05, 0.1) is 0 Å². The minimum absolute atomic E-state index is 0.638. The van der Waals surface area contributed by atoms with Crippen LogP contribution in [0.5, 0.6) is 0 Å². The fourth-order valence-electron chi connectivity index (χ4n) is 0.414. The molecule has 0 amide bonds. The summed E-state index contributed by atoms with van der Waals surface area (Å²) in [5, 5.41) is 0.638. The van der Waals surface area contributed by atoms with Gasteiger partial charge >= 0.3 is 0 Å². The van der Waals surface area contributed by atoms with Gasteiger partial charge in [0.2, 0.25) is 0 Å². The van der Waals surface area contributed by atoms with Crippen molar-refractivity contribution in [1.82, 2.24) is 0 Å². The molecule has 0 unspecified atom stereocenters. The molecule has 0 saturated carbocycles. The van der Waals surface area contributed by atoms with E-state index in [1.807, 2.05) is 12.1 Å². The second-order valence-electron chi connectivity index (χ2n) is 1.35. The maximum absolute atomic E-state index is 5.56. The molecule has 1 aromatic rings. The van der Waals surface area contributed by atoms with Crippen LogP contribution in [0.3, 0.4) is 0 Å². The maximum Gasteiger partial charge on any atom is 0.0496 e. The molecule has 0 aromatic heterocycles. The van der Waals surface area contributed by atoms with Crippen molar-refractivity contribution in [2.75, 3.05) is 0 Å². The van der Waals surface area contributed by atoms with Gasteiger partial charge in [-0.2, -0.15) is 0 Å². The zero-order valence-corrected chi connectivity index (χ0v) is 6.33. The SMILES string of the molecule is Clc1[c]c(Br)ccc1. The van der Waals surface area contributed by atoms with E-state index in [2.05, 4.69) is 22.0 Å². The molecule has 1 radical (unpaired) electrons. The van der Waals surface area contributed by atoms with Gasteiger partial charge in [0.15, 0.2) is 0 Å². The van der Waals surface area contributed by atoms with Crippen LogP contribution in [0.1, 0.15) is 0 Å². The Morgan fingerprint density at radius 2 is 2.25 bits per heavy atom. The van der Waals surface area contributed by atoms with Crippen LogP contribution in [-0.2, 0) is 0 Å². The summed E-state index contributed by atoms with van der Waals surface area (Å²) in [6, 6.07) is 8.38. The minimum Gasteiger partial charge on any atom is -0.0836 e. The maximum atomic E-state index is 5.56. The van der Waals surface area contributed by atoms with Crippen LogP contribution in [0, 0.1) is 6.07 Å². The van der Waals surface area contributed by atoms with Crippen LogP contribution < -0.4 is 0 Å². The first kappa shape index (κ1) is 6.12. The molecule has 0 nitrogen and oxygen atoms in total. The molecule has 0 bridgehead atoms. The van der Waals surface area contributed by atoms with Crippen molar-refractivity contribution in [3.05, 3.63) is 33.8 Å². The van der Waals surface area contributed by atoms with Crippen LogP contribution in [0.4, 0.5) is 0 Å². The van der Waals surface area contributed by atoms with E-state index in [0.29, 0.717) is 5.02 Å². The van der Waals surface area contributed by atoms with E-state index in [4.69, 9.17) is 11.6 Å². The molecule has 2 heteroatoms. The largest absolute Gasteiger partial charge is 0.0836 e. The second-order valence-corrected chi connectivity index (χ2v) is 2.61. The monoisotopic (exact) mass is 189 g/mol. The predicted molar refractivity (Wildman–Crippen MR) is 38.0 cm³/mol. The molecule has 0 N–H and O–H groups in total. The van der Waals surface area contributed by atoms with Crippen molar-refractivity contribution in [2.24, 2.45) is 0 Å². The zero-order chi connectivity index (χ0) is 5.98. The highest BCUT2D eigenvalue weighted by molar-refractivity contribution is 9.10. The average molecular weight is 190 g/mol. The third-order valence-electron chi connectivity index (χ3n) is 0.724. The van der Waals surface area contributed by atoms with E-state index in [1.165, 1.54) is 0 Å². The third kappa shape index (κ3) is 1.49. The Kier molecular flexibility index (Phi) is 1.92. The molecule has 1 rings (SSSR count). The molecule has 0 aliphatic rings. The predicted octanol–water partition coefficient (Wildman–Crippen LogP) is 2.90. The molecule has 0 fully saturated rings. The van der Waals surface area contributed by atoms with Crippen LogP contribution in [-0.4, -0.2) is 0 Å². The smallest absolute Gasteiger partial charge is 0.0496 e. The minimum atomic E-state index is 0.638. The Labute approximate surface area is 61.6 Å². The first-order valence-electron chi connectivity index (χ1n) is 2.12. The third-order valence-corrected chi connectivity index (χ3v) is 1.41. The van der Waals surface area contributed by atoms with Gasteiger partial charge in [0.25, 0.3) is 0 Å². The van der Waals surface area contributed by atoms with Gasteiger partial charge in [-0.1, -0.05) is 33.6 Å². The van der Waals surface area contributed by atoms with Gasteiger partial charge in [-0.3, -0.25) is 0 Å². The van der Waals surface area contributed by atoms with Crippen LogP contribution in [0.2, 0.25) is 5.02 Å². The number of benzene rings is 1. The molecule has 41 valence electrons. The van der Waals surface area contributed by atoms with Gasteiger partial charge in [-0.25, -0.2) is 0 Å². The highest BCUT2D eigenvalue weighted by atomic mass is 79.9. The fourth-order valence-corrected chi connectivity index (χ4v) is 1.07. The summed E-state index contributed by atoms with van der Waals surface area (Å²) in [5.41, 5.74) is 0. The molecule has 0 heterocycles. The quantitative estimate of drug-likeness (QED) is 0.590. The van der Waals surface area contributed by atoms with Crippen molar-refractivity contribution in [3.8, 4) is 0 Å². The Hall–Kier alpha value is -0.0100. The van der Waals surface area contributed by atoms with E-state index in [1.54, 1.807) is 6.07 Å². The number of rotatable bonds is 0. The normalized spacial score (nSPS) is 9.25. The molecule has 0 aliphatic heterocycles. The van der Waals surface area contributed by atoms with Crippen molar-refractivity contribution in [1.29, 1.82) is 0 Å². The van der Waals surface area contributed by atoms with Gasteiger partial charge in [0.1, 0.15) is 0 Å². The summed E-state index contributed by atoms with van der Waals surface area (Å²) in [6.07, 6.45) is 0.